The first-order valence-corrected chi connectivity index (χ1v) is 5.05. The van der Waals surface area contributed by atoms with Crippen molar-refractivity contribution in [2.24, 2.45) is 5.73 Å². The Balaban J connectivity index is 4.10. The lowest BCUT2D eigenvalue weighted by molar-refractivity contribution is -0.142. The summed E-state index contributed by atoms with van der Waals surface area (Å²) in [6.45, 7) is 0.502. The Hall–Kier alpha value is -1.83. The van der Waals surface area contributed by atoms with Crippen LogP contribution < -0.4 is 16.4 Å². The van der Waals surface area contributed by atoms with Gasteiger partial charge >= 0.3 is 18.0 Å². The molecule has 0 spiro atoms. The lowest BCUT2D eigenvalue weighted by atomic mass is 10.1. The van der Waals surface area contributed by atoms with Gasteiger partial charge in [0.15, 0.2) is 0 Å². The van der Waals surface area contributed by atoms with Crippen LogP contribution in [0.5, 0.6) is 0 Å². The minimum Gasteiger partial charge on any atom is -0.480 e. The van der Waals surface area contributed by atoms with E-state index in [9.17, 15) is 14.4 Å². The number of methoxy groups -OCH3 is 1. The molecule has 0 rings (SSSR count). The fourth-order valence-electron chi connectivity index (χ4n) is 1.02. The largest absolute Gasteiger partial charge is 0.480 e. The van der Waals surface area contributed by atoms with Crippen LogP contribution in [0.1, 0.15) is 12.8 Å². The van der Waals surface area contributed by atoms with E-state index in [1.807, 2.05) is 0 Å². The SMILES string of the molecule is COC(=O)CC[C@@H](NC(=O)NCCN)C(=O)O. The van der Waals surface area contributed by atoms with Crippen LogP contribution in [0, 0.1) is 0 Å². The second kappa shape index (κ2) is 8.34. The fourth-order valence-corrected chi connectivity index (χ4v) is 1.02. The number of amides is 2. The van der Waals surface area contributed by atoms with Crippen molar-refractivity contribution in [2.75, 3.05) is 20.2 Å². The molecule has 1 atom stereocenters. The molecular weight excluding hydrogens is 230 g/mol. The number of rotatable bonds is 7. The summed E-state index contributed by atoms with van der Waals surface area (Å²) in [5.74, 6) is -1.74. The first-order valence-electron chi connectivity index (χ1n) is 5.05. The molecule has 0 unspecified atom stereocenters. The van der Waals surface area contributed by atoms with Gasteiger partial charge in [0, 0.05) is 19.5 Å². The summed E-state index contributed by atoms with van der Waals surface area (Å²) in [6.07, 6.45) is -0.108. The quantitative estimate of drug-likeness (QED) is 0.411. The average molecular weight is 247 g/mol. The van der Waals surface area contributed by atoms with Gasteiger partial charge in [0.25, 0.3) is 0 Å². The Morgan fingerprint density at radius 1 is 1.41 bits per heavy atom. The fraction of sp³-hybridized carbons (Fsp3) is 0.667. The van der Waals surface area contributed by atoms with E-state index in [0.29, 0.717) is 0 Å². The number of carbonyl (C=O) groups excluding carboxylic acids is 2. The third kappa shape index (κ3) is 7.12. The van der Waals surface area contributed by atoms with E-state index in [1.54, 1.807) is 0 Å². The van der Waals surface area contributed by atoms with Crippen LogP contribution in [0.4, 0.5) is 4.79 Å². The summed E-state index contributed by atoms with van der Waals surface area (Å²) < 4.78 is 4.37. The van der Waals surface area contributed by atoms with Crippen LogP contribution >= 0.6 is 0 Å². The first-order chi connectivity index (χ1) is 8.01. The molecule has 0 aromatic heterocycles. The third-order valence-corrected chi connectivity index (χ3v) is 1.90. The molecule has 0 fully saturated rings. The standard InChI is InChI=1S/C9H17N3O5/c1-17-7(13)3-2-6(8(14)15)12-9(16)11-5-4-10/h6H,2-5,10H2,1H3,(H,14,15)(H2,11,12,16)/t6-/m1/s1. The number of nitrogens with one attached hydrogen (secondary N) is 2. The molecule has 8 nitrogen and oxygen atoms in total. The lowest BCUT2D eigenvalue weighted by Crippen LogP contribution is -2.47. The van der Waals surface area contributed by atoms with E-state index < -0.39 is 24.0 Å². The molecule has 98 valence electrons. The molecule has 0 aromatic rings. The maximum absolute atomic E-state index is 11.2. The van der Waals surface area contributed by atoms with Crippen LogP contribution in [0.25, 0.3) is 0 Å². The summed E-state index contributed by atoms with van der Waals surface area (Å²) in [4.78, 5) is 32.8. The van der Waals surface area contributed by atoms with E-state index in [2.05, 4.69) is 15.4 Å². The predicted octanol–water partition coefficient (Wildman–Crippen LogP) is -1.35. The molecule has 0 aliphatic rings. The number of hydrogen-bond donors (Lipinski definition) is 4. The van der Waals surface area contributed by atoms with Crippen molar-refractivity contribution in [3.8, 4) is 0 Å². The number of carboxylic acids is 1. The highest BCUT2D eigenvalue weighted by atomic mass is 16.5. The Morgan fingerprint density at radius 3 is 2.53 bits per heavy atom. The Labute approximate surface area is 98.5 Å². The van der Waals surface area contributed by atoms with Crippen molar-refractivity contribution in [3.05, 3.63) is 0 Å². The summed E-state index contributed by atoms with van der Waals surface area (Å²) >= 11 is 0. The molecule has 17 heavy (non-hydrogen) atoms. The van der Waals surface area contributed by atoms with Gasteiger partial charge in [-0.15, -0.1) is 0 Å². The molecule has 2 amide bonds. The van der Waals surface area contributed by atoms with Gasteiger partial charge in [-0.3, -0.25) is 4.79 Å². The topological polar surface area (TPSA) is 131 Å². The zero-order valence-electron chi connectivity index (χ0n) is 9.56. The van der Waals surface area contributed by atoms with Gasteiger partial charge in [-0.05, 0) is 6.42 Å². The average Bonchev–Trinajstić information content (AvgIpc) is 2.30. The van der Waals surface area contributed by atoms with E-state index in [0.717, 1.165) is 0 Å². The molecule has 0 bridgehead atoms. The number of carboxylic acid groups (broad SMARTS) is 1. The summed E-state index contributed by atoms with van der Waals surface area (Å²) in [5.41, 5.74) is 5.16. The van der Waals surface area contributed by atoms with Crippen LogP contribution in [-0.2, 0) is 14.3 Å². The minimum atomic E-state index is -1.21. The van der Waals surface area contributed by atoms with Gasteiger partial charge in [-0.2, -0.15) is 0 Å². The van der Waals surface area contributed by atoms with Gasteiger partial charge in [0.05, 0.1) is 7.11 Å². The van der Waals surface area contributed by atoms with Crippen molar-refractivity contribution in [1.29, 1.82) is 0 Å². The van der Waals surface area contributed by atoms with Crippen LogP contribution in [0.2, 0.25) is 0 Å². The molecule has 0 heterocycles. The Morgan fingerprint density at radius 2 is 2.06 bits per heavy atom. The number of esters is 1. The van der Waals surface area contributed by atoms with Crippen molar-refractivity contribution in [1.82, 2.24) is 10.6 Å². The van der Waals surface area contributed by atoms with Crippen LogP contribution in [0.15, 0.2) is 0 Å². The smallest absolute Gasteiger partial charge is 0.326 e. The van der Waals surface area contributed by atoms with Gasteiger partial charge in [-0.25, -0.2) is 9.59 Å². The van der Waals surface area contributed by atoms with E-state index in [4.69, 9.17) is 10.8 Å². The number of hydrogen-bond acceptors (Lipinski definition) is 5. The maximum atomic E-state index is 11.2. The van der Waals surface area contributed by atoms with Gasteiger partial charge < -0.3 is 26.2 Å². The Bertz CT molecular complexity index is 282. The predicted molar refractivity (Wildman–Crippen MR) is 58.3 cm³/mol. The number of urea groups is 1. The summed E-state index contributed by atoms with van der Waals surface area (Å²) in [7, 11) is 1.21. The molecule has 5 N–H and O–H groups in total. The second-order valence-electron chi connectivity index (χ2n) is 3.19. The lowest BCUT2D eigenvalue weighted by Gasteiger charge is -2.14. The van der Waals surface area contributed by atoms with E-state index in [-0.39, 0.29) is 25.9 Å². The van der Waals surface area contributed by atoms with Crippen molar-refractivity contribution < 1.29 is 24.2 Å². The molecule has 0 saturated carbocycles. The number of nitrogens with two attached hydrogens (primary N) is 1. The second-order valence-corrected chi connectivity index (χ2v) is 3.19. The minimum absolute atomic E-state index is 0.0297. The van der Waals surface area contributed by atoms with Crippen molar-refractivity contribution >= 4 is 18.0 Å². The van der Waals surface area contributed by atoms with Gasteiger partial charge in [0.2, 0.25) is 0 Å². The van der Waals surface area contributed by atoms with Gasteiger partial charge in [-0.1, -0.05) is 0 Å². The van der Waals surface area contributed by atoms with E-state index >= 15 is 0 Å². The summed E-state index contributed by atoms with van der Waals surface area (Å²) in [5, 5.41) is 13.4. The molecule has 0 radical (unpaired) electrons. The van der Waals surface area contributed by atoms with Crippen molar-refractivity contribution in [2.45, 2.75) is 18.9 Å². The molecule has 8 heteroatoms. The third-order valence-electron chi connectivity index (χ3n) is 1.90. The monoisotopic (exact) mass is 247 g/mol. The molecule has 0 aromatic carbocycles. The first kappa shape index (κ1) is 15.2. The molecule has 0 aliphatic heterocycles. The normalized spacial score (nSPS) is 11.4. The number of carbonyl (C=O) groups is 3. The van der Waals surface area contributed by atoms with E-state index in [1.165, 1.54) is 7.11 Å². The van der Waals surface area contributed by atoms with Crippen LogP contribution in [0.3, 0.4) is 0 Å². The molecular formula is C9H17N3O5. The Kier molecular flexibility index (Phi) is 7.44. The summed E-state index contributed by atoms with van der Waals surface area (Å²) in [6, 6.07) is -1.76. The number of ether oxygens (including phenoxy) is 1. The highest BCUT2D eigenvalue weighted by Gasteiger charge is 2.20. The zero-order chi connectivity index (χ0) is 13.3. The highest BCUT2D eigenvalue weighted by molar-refractivity contribution is 5.83. The maximum Gasteiger partial charge on any atom is 0.326 e. The molecule has 0 aliphatic carbocycles. The zero-order valence-corrected chi connectivity index (χ0v) is 9.56. The van der Waals surface area contributed by atoms with Crippen molar-refractivity contribution in [3.63, 3.8) is 0 Å². The molecule has 0 saturated heterocycles. The number of aliphatic carboxylic acids is 1. The van der Waals surface area contributed by atoms with Gasteiger partial charge in [0.1, 0.15) is 6.04 Å². The highest BCUT2D eigenvalue weighted by Crippen LogP contribution is 1.99. The van der Waals surface area contributed by atoms with Crippen LogP contribution in [-0.4, -0.2) is 49.3 Å².